The first-order chi connectivity index (χ1) is 7.50. The van der Waals surface area contributed by atoms with E-state index < -0.39 is 21.9 Å². The second-order valence-electron chi connectivity index (χ2n) is 3.76. The molecule has 1 heterocycles. The number of nitrogens with zero attached hydrogens (tertiary/aromatic N) is 1. The number of β-amino-alcohol motifs (C(OH)–C–C–N with tert-alkyl or cyclic N) is 1. The quantitative estimate of drug-likeness (QED) is 0.829. The van der Waals surface area contributed by atoms with E-state index in [2.05, 4.69) is 0 Å². The fourth-order valence-electron chi connectivity index (χ4n) is 1.68. The fraction of sp³-hybridized carbons (Fsp3) is 0.400. The minimum absolute atomic E-state index is 0.0583. The molecule has 4 nitrogen and oxygen atoms in total. The maximum absolute atomic E-state index is 12.7. The lowest BCUT2D eigenvalue weighted by Crippen LogP contribution is -2.29. The highest BCUT2D eigenvalue weighted by Gasteiger charge is 2.31. The molecule has 1 N–H and O–H groups in total. The molecule has 6 heteroatoms. The van der Waals surface area contributed by atoms with E-state index in [1.165, 1.54) is 16.4 Å². The second kappa shape index (κ2) is 4.12. The average molecular weight is 245 g/mol. The number of hydrogen-bond acceptors (Lipinski definition) is 3. The first kappa shape index (κ1) is 11.5. The van der Waals surface area contributed by atoms with Gasteiger partial charge in [0, 0.05) is 13.1 Å². The standard InChI is InChI=1S/C10H12FNO3S/c11-8-1-3-10(4-2-8)16(14,15)12-6-5-9(13)7-12/h1-4,9,13H,5-7H2/t9-/m1/s1. The molecule has 0 unspecified atom stereocenters. The molecule has 1 aromatic carbocycles. The lowest BCUT2D eigenvalue weighted by Gasteiger charge is -2.15. The van der Waals surface area contributed by atoms with Gasteiger partial charge in [-0.15, -0.1) is 0 Å². The number of sulfonamides is 1. The molecule has 1 saturated heterocycles. The van der Waals surface area contributed by atoms with E-state index in [-0.39, 0.29) is 11.4 Å². The SMILES string of the molecule is O=S(=O)(c1ccc(F)cc1)N1CC[C@@H](O)C1. The van der Waals surface area contributed by atoms with Crippen molar-refractivity contribution in [2.45, 2.75) is 17.4 Å². The van der Waals surface area contributed by atoms with E-state index in [1.807, 2.05) is 0 Å². The Labute approximate surface area is 93.4 Å². The van der Waals surface area contributed by atoms with Gasteiger partial charge in [0.05, 0.1) is 11.0 Å². The van der Waals surface area contributed by atoms with Crippen molar-refractivity contribution in [3.8, 4) is 0 Å². The summed E-state index contributed by atoms with van der Waals surface area (Å²) in [6.07, 6.45) is -0.157. The summed E-state index contributed by atoms with van der Waals surface area (Å²) in [4.78, 5) is 0.0583. The maximum Gasteiger partial charge on any atom is 0.243 e. The zero-order chi connectivity index (χ0) is 11.8. The van der Waals surface area contributed by atoms with E-state index in [0.717, 1.165) is 12.1 Å². The summed E-state index contributed by atoms with van der Waals surface area (Å²) in [5.41, 5.74) is 0. The van der Waals surface area contributed by atoms with Crippen molar-refractivity contribution in [3.05, 3.63) is 30.1 Å². The lowest BCUT2D eigenvalue weighted by atomic mass is 10.3. The van der Waals surface area contributed by atoms with E-state index in [0.29, 0.717) is 13.0 Å². The summed E-state index contributed by atoms with van der Waals surface area (Å²) in [7, 11) is -3.58. The zero-order valence-corrected chi connectivity index (χ0v) is 9.32. The summed E-state index contributed by atoms with van der Waals surface area (Å²) in [5, 5.41) is 9.29. The van der Waals surface area contributed by atoms with Crippen LogP contribution in [0.4, 0.5) is 4.39 Å². The van der Waals surface area contributed by atoms with Gasteiger partial charge in [-0.05, 0) is 30.7 Å². The smallest absolute Gasteiger partial charge is 0.243 e. The Morgan fingerprint density at radius 3 is 2.44 bits per heavy atom. The highest BCUT2D eigenvalue weighted by atomic mass is 32.2. The summed E-state index contributed by atoms with van der Waals surface area (Å²) < 4.78 is 37.8. The molecule has 0 aliphatic carbocycles. The number of aliphatic hydroxyl groups excluding tert-OH is 1. The first-order valence-electron chi connectivity index (χ1n) is 4.94. The zero-order valence-electron chi connectivity index (χ0n) is 8.51. The second-order valence-corrected chi connectivity index (χ2v) is 5.70. The molecule has 1 aliphatic rings. The van der Waals surface area contributed by atoms with Gasteiger partial charge < -0.3 is 5.11 Å². The molecule has 0 saturated carbocycles. The van der Waals surface area contributed by atoms with Crippen LogP contribution >= 0.6 is 0 Å². The van der Waals surface area contributed by atoms with Crippen LogP contribution in [0, 0.1) is 5.82 Å². The molecule has 0 amide bonds. The molecular weight excluding hydrogens is 233 g/mol. The Hall–Kier alpha value is -0.980. The van der Waals surface area contributed by atoms with Gasteiger partial charge in [0.1, 0.15) is 5.82 Å². The van der Waals surface area contributed by atoms with Gasteiger partial charge in [0.15, 0.2) is 0 Å². The number of rotatable bonds is 2. The third-order valence-electron chi connectivity index (χ3n) is 2.58. The predicted molar refractivity (Wildman–Crippen MR) is 55.8 cm³/mol. The Balaban J connectivity index is 2.29. The van der Waals surface area contributed by atoms with Crippen LogP contribution in [0.3, 0.4) is 0 Å². The van der Waals surface area contributed by atoms with Crippen LogP contribution in [0.25, 0.3) is 0 Å². The van der Waals surface area contributed by atoms with Crippen LogP contribution in [-0.4, -0.2) is 37.0 Å². The summed E-state index contributed by atoms with van der Waals surface area (Å²) >= 11 is 0. The molecule has 1 aromatic rings. The predicted octanol–water partition coefficient (Wildman–Crippen LogP) is 0.581. The van der Waals surface area contributed by atoms with Crippen molar-refractivity contribution >= 4 is 10.0 Å². The normalized spacial score (nSPS) is 22.5. The van der Waals surface area contributed by atoms with Gasteiger partial charge in [-0.1, -0.05) is 0 Å². The number of aliphatic hydroxyl groups is 1. The topological polar surface area (TPSA) is 57.6 Å². The Kier molecular flexibility index (Phi) is 2.96. The van der Waals surface area contributed by atoms with Crippen LogP contribution in [0.15, 0.2) is 29.2 Å². The van der Waals surface area contributed by atoms with Crippen LogP contribution in [0.5, 0.6) is 0 Å². The lowest BCUT2D eigenvalue weighted by molar-refractivity contribution is 0.189. The van der Waals surface area contributed by atoms with E-state index >= 15 is 0 Å². The van der Waals surface area contributed by atoms with Crippen LogP contribution < -0.4 is 0 Å². The minimum Gasteiger partial charge on any atom is -0.392 e. The molecule has 88 valence electrons. The summed E-state index contributed by atoms with van der Waals surface area (Å²) in [6, 6.07) is 4.68. The molecule has 0 aromatic heterocycles. The Morgan fingerprint density at radius 1 is 1.31 bits per heavy atom. The van der Waals surface area contributed by atoms with E-state index in [9.17, 15) is 17.9 Å². The summed E-state index contributed by atoms with van der Waals surface area (Å²) in [5.74, 6) is -0.472. The summed E-state index contributed by atoms with van der Waals surface area (Å²) in [6.45, 7) is 0.417. The molecule has 1 aliphatic heterocycles. The van der Waals surface area contributed by atoms with Gasteiger partial charge in [0.25, 0.3) is 0 Å². The first-order valence-corrected chi connectivity index (χ1v) is 6.38. The largest absolute Gasteiger partial charge is 0.392 e. The molecule has 1 atom stereocenters. The van der Waals surface area contributed by atoms with E-state index in [4.69, 9.17) is 0 Å². The average Bonchev–Trinajstić information content (AvgIpc) is 2.66. The number of halogens is 1. The molecular formula is C10H12FNO3S. The van der Waals surface area contributed by atoms with Gasteiger partial charge in [-0.2, -0.15) is 4.31 Å². The van der Waals surface area contributed by atoms with Crippen molar-refractivity contribution in [2.75, 3.05) is 13.1 Å². The van der Waals surface area contributed by atoms with Crippen molar-refractivity contribution in [2.24, 2.45) is 0 Å². The molecule has 16 heavy (non-hydrogen) atoms. The van der Waals surface area contributed by atoms with Crippen molar-refractivity contribution in [1.82, 2.24) is 4.31 Å². The molecule has 0 spiro atoms. The van der Waals surface area contributed by atoms with Gasteiger partial charge in [0.2, 0.25) is 10.0 Å². The third-order valence-corrected chi connectivity index (χ3v) is 4.46. The van der Waals surface area contributed by atoms with E-state index in [1.54, 1.807) is 0 Å². The van der Waals surface area contributed by atoms with Crippen LogP contribution in [-0.2, 0) is 10.0 Å². The van der Waals surface area contributed by atoms with Gasteiger partial charge >= 0.3 is 0 Å². The monoisotopic (exact) mass is 245 g/mol. The maximum atomic E-state index is 12.7. The van der Waals surface area contributed by atoms with Gasteiger partial charge in [-0.25, -0.2) is 12.8 Å². The third kappa shape index (κ3) is 2.09. The Bertz CT molecular complexity index is 471. The van der Waals surface area contributed by atoms with Crippen molar-refractivity contribution < 1.29 is 17.9 Å². The van der Waals surface area contributed by atoms with Crippen LogP contribution in [0.1, 0.15) is 6.42 Å². The number of hydrogen-bond donors (Lipinski definition) is 1. The fourth-order valence-corrected chi connectivity index (χ4v) is 3.18. The van der Waals surface area contributed by atoms with Gasteiger partial charge in [-0.3, -0.25) is 0 Å². The molecule has 1 fully saturated rings. The molecule has 0 bridgehead atoms. The van der Waals surface area contributed by atoms with Crippen molar-refractivity contribution in [3.63, 3.8) is 0 Å². The molecule has 2 rings (SSSR count). The highest BCUT2D eigenvalue weighted by molar-refractivity contribution is 7.89. The molecule has 0 radical (unpaired) electrons. The number of benzene rings is 1. The highest BCUT2D eigenvalue weighted by Crippen LogP contribution is 2.20. The Morgan fingerprint density at radius 2 is 1.94 bits per heavy atom. The van der Waals surface area contributed by atoms with Crippen molar-refractivity contribution in [1.29, 1.82) is 0 Å². The van der Waals surface area contributed by atoms with Crippen LogP contribution in [0.2, 0.25) is 0 Å². The minimum atomic E-state index is -3.58.